The molecule has 0 radical (unpaired) electrons. The minimum Gasteiger partial charge on any atom is -0.321 e. The molecule has 1 aromatic carbocycles. The number of hydrogen-bond acceptors (Lipinski definition) is 1. The van der Waals surface area contributed by atoms with E-state index in [1.165, 1.54) is 0 Å². The summed E-state index contributed by atoms with van der Waals surface area (Å²) in [4.78, 5) is 0. The van der Waals surface area contributed by atoms with E-state index in [9.17, 15) is 4.39 Å². The van der Waals surface area contributed by atoms with Crippen molar-refractivity contribution in [3.63, 3.8) is 0 Å². The van der Waals surface area contributed by atoms with E-state index in [0.717, 1.165) is 31.2 Å². The van der Waals surface area contributed by atoms with Crippen LogP contribution < -0.4 is 5.73 Å². The van der Waals surface area contributed by atoms with E-state index in [-0.39, 0.29) is 5.82 Å². The lowest BCUT2D eigenvalue weighted by molar-refractivity contribution is 0.431. The predicted molar refractivity (Wildman–Crippen MR) is 63.2 cm³/mol. The van der Waals surface area contributed by atoms with E-state index in [4.69, 9.17) is 5.73 Å². The Balaban J connectivity index is 2.51. The normalized spacial score (nSPS) is 19.5. The van der Waals surface area contributed by atoms with Crippen molar-refractivity contribution in [2.75, 3.05) is 0 Å². The standard InChI is InChI=1S/C12H15BrFN/c1-8-6-9(11(14)10(13)7-8)12(15)4-2-3-5-12/h6-7H,2-5,15H2,1H3. The molecular formula is C12H15BrFN. The van der Waals surface area contributed by atoms with Crippen LogP contribution in [0.4, 0.5) is 4.39 Å². The largest absolute Gasteiger partial charge is 0.321 e. The summed E-state index contributed by atoms with van der Waals surface area (Å²) in [6.07, 6.45) is 3.97. The van der Waals surface area contributed by atoms with Gasteiger partial charge in [-0.25, -0.2) is 4.39 Å². The summed E-state index contributed by atoms with van der Waals surface area (Å²) in [6.45, 7) is 1.96. The zero-order valence-electron chi connectivity index (χ0n) is 8.82. The molecule has 2 rings (SSSR count). The summed E-state index contributed by atoms with van der Waals surface area (Å²) in [5.41, 5.74) is 7.54. The lowest BCUT2D eigenvalue weighted by Gasteiger charge is -2.25. The quantitative estimate of drug-likeness (QED) is 0.830. The fourth-order valence-electron chi connectivity index (χ4n) is 2.36. The summed E-state index contributed by atoms with van der Waals surface area (Å²) in [5, 5.41) is 0. The highest BCUT2D eigenvalue weighted by atomic mass is 79.9. The van der Waals surface area contributed by atoms with Crippen molar-refractivity contribution >= 4 is 15.9 Å². The minimum absolute atomic E-state index is 0.190. The molecule has 1 aromatic rings. The smallest absolute Gasteiger partial charge is 0.142 e. The molecular weight excluding hydrogens is 257 g/mol. The topological polar surface area (TPSA) is 26.0 Å². The lowest BCUT2D eigenvalue weighted by Crippen LogP contribution is -2.34. The zero-order chi connectivity index (χ0) is 11.1. The number of benzene rings is 1. The van der Waals surface area contributed by atoms with E-state index in [2.05, 4.69) is 15.9 Å². The highest BCUT2D eigenvalue weighted by molar-refractivity contribution is 9.10. The van der Waals surface area contributed by atoms with Crippen molar-refractivity contribution in [2.45, 2.75) is 38.1 Å². The van der Waals surface area contributed by atoms with Crippen molar-refractivity contribution in [1.29, 1.82) is 0 Å². The fraction of sp³-hybridized carbons (Fsp3) is 0.500. The van der Waals surface area contributed by atoms with Gasteiger partial charge in [-0.2, -0.15) is 0 Å². The second kappa shape index (κ2) is 3.87. The molecule has 15 heavy (non-hydrogen) atoms. The number of nitrogens with two attached hydrogens (primary N) is 1. The molecule has 1 aliphatic rings. The van der Waals surface area contributed by atoms with E-state index >= 15 is 0 Å². The van der Waals surface area contributed by atoms with Gasteiger partial charge in [0.2, 0.25) is 0 Å². The predicted octanol–water partition coefficient (Wildman–Crippen LogP) is 3.62. The molecule has 0 heterocycles. The maximum absolute atomic E-state index is 14.0. The van der Waals surface area contributed by atoms with Crippen LogP contribution in [0.5, 0.6) is 0 Å². The summed E-state index contributed by atoms with van der Waals surface area (Å²) in [7, 11) is 0. The van der Waals surface area contributed by atoms with Gasteiger partial charge in [-0.1, -0.05) is 18.9 Å². The monoisotopic (exact) mass is 271 g/mol. The van der Waals surface area contributed by atoms with Gasteiger partial charge < -0.3 is 5.73 Å². The molecule has 0 amide bonds. The van der Waals surface area contributed by atoms with Crippen LogP contribution in [-0.2, 0) is 5.54 Å². The summed E-state index contributed by atoms with van der Waals surface area (Å²) < 4.78 is 14.5. The molecule has 1 aliphatic carbocycles. The lowest BCUT2D eigenvalue weighted by atomic mass is 9.88. The third-order valence-electron chi connectivity index (χ3n) is 3.20. The van der Waals surface area contributed by atoms with Crippen molar-refractivity contribution in [1.82, 2.24) is 0 Å². The molecule has 0 aliphatic heterocycles. The first-order valence-electron chi connectivity index (χ1n) is 5.28. The molecule has 0 unspecified atom stereocenters. The molecule has 0 saturated heterocycles. The molecule has 0 aromatic heterocycles. The first-order chi connectivity index (χ1) is 7.03. The van der Waals surface area contributed by atoms with Crippen LogP contribution in [0.3, 0.4) is 0 Å². The van der Waals surface area contributed by atoms with Gasteiger partial charge in [-0.3, -0.25) is 0 Å². The van der Waals surface area contributed by atoms with Gasteiger partial charge in [0.1, 0.15) is 5.82 Å². The van der Waals surface area contributed by atoms with E-state index in [1.807, 2.05) is 13.0 Å². The molecule has 2 N–H and O–H groups in total. The zero-order valence-corrected chi connectivity index (χ0v) is 10.4. The Bertz CT molecular complexity index is 383. The third-order valence-corrected chi connectivity index (χ3v) is 3.78. The summed E-state index contributed by atoms with van der Waals surface area (Å²) >= 11 is 3.24. The van der Waals surface area contributed by atoms with Gasteiger partial charge in [-0.15, -0.1) is 0 Å². The van der Waals surface area contributed by atoms with Crippen LogP contribution in [0.2, 0.25) is 0 Å². The number of aryl methyl sites for hydroxylation is 1. The van der Waals surface area contributed by atoms with Crippen LogP contribution in [0.15, 0.2) is 16.6 Å². The average Bonchev–Trinajstić information content (AvgIpc) is 2.59. The highest BCUT2D eigenvalue weighted by Gasteiger charge is 2.34. The van der Waals surface area contributed by atoms with Crippen molar-refractivity contribution in [2.24, 2.45) is 5.73 Å². The van der Waals surface area contributed by atoms with Crippen molar-refractivity contribution < 1.29 is 4.39 Å². The van der Waals surface area contributed by atoms with Gasteiger partial charge in [0, 0.05) is 11.1 Å². The van der Waals surface area contributed by atoms with Gasteiger partial charge >= 0.3 is 0 Å². The van der Waals surface area contributed by atoms with E-state index < -0.39 is 5.54 Å². The average molecular weight is 272 g/mol. The van der Waals surface area contributed by atoms with Crippen LogP contribution in [-0.4, -0.2) is 0 Å². The summed E-state index contributed by atoms with van der Waals surface area (Å²) in [5.74, 6) is -0.190. The SMILES string of the molecule is Cc1cc(Br)c(F)c(C2(N)CCCC2)c1. The molecule has 82 valence electrons. The van der Waals surface area contributed by atoms with Crippen LogP contribution in [0.25, 0.3) is 0 Å². The van der Waals surface area contributed by atoms with Crippen molar-refractivity contribution in [3.05, 3.63) is 33.5 Å². The molecule has 0 spiro atoms. The van der Waals surface area contributed by atoms with Crippen molar-refractivity contribution in [3.8, 4) is 0 Å². The molecule has 0 bridgehead atoms. The number of hydrogen-bond donors (Lipinski definition) is 1. The second-order valence-electron chi connectivity index (χ2n) is 4.47. The van der Waals surface area contributed by atoms with Gasteiger partial charge in [0.15, 0.2) is 0 Å². The Morgan fingerprint density at radius 1 is 1.33 bits per heavy atom. The number of halogens is 2. The Hall–Kier alpha value is -0.410. The maximum atomic E-state index is 14.0. The first-order valence-corrected chi connectivity index (χ1v) is 6.07. The molecule has 1 saturated carbocycles. The van der Waals surface area contributed by atoms with E-state index in [0.29, 0.717) is 10.0 Å². The molecule has 1 fully saturated rings. The van der Waals surface area contributed by atoms with Crippen LogP contribution in [0.1, 0.15) is 36.8 Å². The first kappa shape index (κ1) is 11.1. The Kier molecular flexibility index (Phi) is 2.86. The Labute approximate surface area is 98.0 Å². The Morgan fingerprint density at radius 2 is 1.93 bits per heavy atom. The summed E-state index contributed by atoms with van der Waals surface area (Å²) in [6, 6.07) is 3.67. The molecule has 1 nitrogen and oxygen atoms in total. The minimum atomic E-state index is -0.446. The van der Waals surface area contributed by atoms with Gasteiger partial charge in [0.05, 0.1) is 4.47 Å². The molecule has 3 heteroatoms. The van der Waals surface area contributed by atoms with Gasteiger partial charge in [0.25, 0.3) is 0 Å². The molecule has 0 atom stereocenters. The van der Waals surface area contributed by atoms with Crippen LogP contribution in [0, 0.1) is 12.7 Å². The maximum Gasteiger partial charge on any atom is 0.142 e. The Morgan fingerprint density at radius 3 is 2.53 bits per heavy atom. The van der Waals surface area contributed by atoms with E-state index in [1.54, 1.807) is 6.07 Å². The fourth-order valence-corrected chi connectivity index (χ4v) is 2.94. The van der Waals surface area contributed by atoms with Crippen LogP contribution >= 0.6 is 15.9 Å². The third kappa shape index (κ3) is 1.95. The number of rotatable bonds is 1. The van der Waals surface area contributed by atoms with Gasteiger partial charge in [-0.05, 0) is 47.3 Å². The highest BCUT2D eigenvalue weighted by Crippen LogP contribution is 2.39. The second-order valence-corrected chi connectivity index (χ2v) is 5.33.